The Morgan fingerprint density at radius 1 is 1.47 bits per heavy atom. The second-order valence-electron chi connectivity index (χ2n) is 3.33. The maximum atomic E-state index is 5.53. The first-order valence-electron chi connectivity index (χ1n) is 5.10. The molecule has 15 heavy (non-hydrogen) atoms. The smallest absolute Gasteiger partial charge is 0.0602 e. The lowest BCUT2D eigenvalue weighted by Crippen LogP contribution is -2.23. The molecule has 0 aliphatic carbocycles. The van der Waals surface area contributed by atoms with Gasteiger partial charge in [-0.25, -0.2) is 0 Å². The number of pyridine rings is 1. The Balaban J connectivity index is 2.66. The molecule has 0 spiro atoms. The molecule has 0 aromatic carbocycles. The van der Waals surface area contributed by atoms with Crippen molar-refractivity contribution in [3.63, 3.8) is 0 Å². The summed E-state index contributed by atoms with van der Waals surface area (Å²) in [4.78, 5) is 6.58. The summed E-state index contributed by atoms with van der Waals surface area (Å²) in [5.74, 6) is 2.64. The number of rotatable bonds is 5. The van der Waals surface area contributed by atoms with Crippen LogP contribution in [0.3, 0.4) is 0 Å². The summed E-state index contributed by atoms with van der Waals surface area (Å²) in [7, 11) is 0. The van der Waals surface area contributed by atoms with Crippen molar-refractivity contribution in [2.45, 2.75) is 20.0 Å². The molecule has 0 atom stereocenters. The average Bonchev–Trinajstić information content (AvgIpc) is 2.29. The number of terminal acetylenes is 1. The van der Waals surface area contributed by atoms with Gasteiger partial charge in [0.2, 0.25) is 0 Å². The van der Waals surface area contributed by atoms with Crippen molar-refractivity contribution in [1.29, 1.82) is 0 Å². The van der Waals surface area contributed by atoms with E-state index in [2.05, 4.69) is 22.7 Å². The van der Waals surface area contributed by atoms with Crippen LogP contribution in [0.4, 0.5) is 0 Å². The molecule has 1 rings (SSSR count). The van der Waals surface area contributed by atoms with Gasteiger partial charge in [-0.2, -0.15) is 0 Å². The van der Waals surface area contributed by atoms with E-state index in [1.54, 1.807) is 0 Å². The van der Waals surface area contributed by atoms with Crippen LogP contribution in [0.15, 0.2) is 18.2 Å². The first-order valence-corrected chi connectivity index (χ1v) is 5.10. The maximum absolute atomic E-state index is 5.53. The van der Waals surface area contributed by atoms with Crippen LogP contribution in [0.2, 0.25) is 0 Å². The minimum Gasteiger partial charge on any atom is -0.325 e. The lowest BCUT2D eigenvalue weighted by Gasteiger charge is -2.16. The molecule has 0 unspecified atom stereocenters. The highest BCUT2D eigenvalue weighted by Gasteiger charge is 2.03. The predicted molar refractivity (Wildman–Crippen MR) is 61.9 cm³/mol. The van der Waals surface area contributed by atoms with E-state index in [-0.39, 0.29) is 0 Å². The molecule has 0 saturated carbocycles. The topological polar surface area (TPSA) is 42.1 Å². The number of nitrogens with two attached hydrogens (primary N) is 1. The zero-order chi connectivity index (χ0) is 11.1. The fraction of sp³-hybridized carbons (Fsp3) is 0.417. The fourth-order valence-electron chi connectivity index (χ4n) is 1.37. The number of hydrogen-bond acceptors (Lipinski definition) is 3. The molecule has 0 radical (unpaired) electrons. The molecule has 1 heterocycles. The third-order valence-electron chi connectivity index (χ3n) is 2.22. The molecular formula is C12H17N3. The Kier molecular flexibility index (Phi) is 4.82. The average molecular weight is 203 g/mol. The molecule has 0 aliphatic rings. The number of nitrogens with zero attached hydrogens (tertiary/aromatic N) is 2. The lowest BCUT2D eigenvalue weighted by molar-refractivity contribution is 0.312. The lowest BCUT2D eigenvalue weighted by atomic mass is 10.3. The summed E-state index contributed by atoms with van der Waals surface area (Å²) >= 11 is 0. The van der Waals surface area contributed by atoms with Crippen molar-refractivity contribution in [2.75, 3.05) is 13.1 Å². The molecule has 0 saturated heterocycles. The molecule has 0 amide bonds. The van der Waals surface area contributed by atoms with Crippen molar-refractivity contribution in [3.05, 3.63) is 29.6 Å². The highest BCUT2D eigenvalue weighted by Crippen LogP contribution is 2.03. The van der Waals surface area contributed by atoms with Crippen molar-refractivity contribution >= 4 is 0 Å². The second-order valence-corrected chi connectivity index (χ2v) is 3.33. The minimum atomic E-state index is 0.481. The first-order chi connectivity index (χ1) is 7.30. The molecule has 0 aliphatic heterocycles. The molecule has 3 heteroatoms. The van der Waals surface area contributed by atoms with E-state index in [1.165, 1.54) is 0 Å². The van der Waals surface area contributed by atoms with Gasteiger partial charge in [0.15, 0.2) is 0 Å². The molecule has 3 nitrogen and oxygen atoms in total. The largest absolute Gasteiger partial charge is 0.325 e. The van der Waals surface area contributed by atoms with E-state index in [9.17, 15) is 0 Å². The van der Waals surface area contributed by atoms with E-state index < -0.39 is 0 Å². The van der Waals surface area contributed by atoms with Crippen LogP contribution in [0.1, 0.15) is 18.3 Å². The molecule has 0 bridgehead atoms. The molecule has 2 N–H and O–H groups in total. The van der Waals surface area contributed by atoms with Crippen LogP contribution in [0.5, 0.6) is 0 Å². The summed E-state index contributed by atoms with van der Waals surface area (Å²) in [6.07, 6.45) is 5.28. The molecule has 80 valence electrons. The third-order valence-corrected chi connectivity index (χ3v) is 2.22. The monoisotopic (exact) mass is 203 g/mol. The Bertz CT molecular complexity index is 341. The van der Waals surface area contributed by atoms with E-state index in [0.717, 1.165) is 24.5 Å². The molecule has 1 aromatic rings. The van der Waals surface area contributed by atoms with Crippen LogP contribution in [0.25, 0.3) is 0 Å². The van der Waals surface area contributed by atoms with Crippen LogP contribution in [-0.2, 0) is 13.1 Å². The van der Waals surface area contributed by atoms with Gasteiger partial charge in [0.1, 0.15) is 0 Å². The Morgan fingerprint density at radius 2 is 2.20 bits per heavy atom. The summed E-state index contributed by atoms with van der Waals surface area (Å²) in [5.41, 5.74) is 7.48. The van der Waals surface area contributed by atoms with Gasteiger partial charge < -0.3 is 5.73 Å². The van der Waals surface area contributed by atoms with E-state index >= 15 is 0 Å². The van der Waals surface area contributed by atoms with Crippen LogP contribution < -0.4 is 5.73 Å². The fourth-order valence-corrected chi connectivity index (χ4v) is 1.37. The zero-order valence-electron chi connectivity index (χ0n) is 9.11. The predicted octanol–water partition coefficient (Wildman–Crippen LogP) is 0.995. The number of aromatic nitrogens is 1. The molecule has 0 fully saturated rings. The van der Waals surface area contributed by atoms with Crippen LogP contribution in [0, 0.1) is 12.3 Å². The summed E-state index contributed by atoms with van der Waals surface area (Å²) in [6.45, 7) is 4.94. The van der Waals surface area contributed by atoms with E-state index in [4.69, 9.17) is 12.2 Å². The van der Waals surface area contributed by atoms with Crippen LogP contribution in [-0.4, -0.2) is 23.0 Å². The summed E-state index contributed by atoms with van der Waals surface area (Å²) < 4.78 is 0. The van der Waals surface area contributed by atoms with Crippen molar-refractivity contribution in [1.82, 2.24) is 9.88 Å². The van der Waals surface area contributed by atoms with Gasteiger partial charge in [-0.05, 0) is 18.7 Å². The highest BCUT2D eigenvalue weighted by atomic mass is 15.1. The van der Waals surface area contributed by atoms with Crippen molar-refractivity contribution in [3.8, 4) is 12.3 Å². The SMILES string of the molecule is C#CCN(CC)Cc1cccc(CN)n1. The standard InChI is InChI=1S/C12H17N3/c1-3-8-15(4-2)10-12-7-5-6-11(9-13)14-12/h1,5-7H,4,8-10,13H2,2H3. The Morgan fingerprint density at radius 3 is 2.80 bits per heavy atom. The normalized spacial score (nSPS) is 10.3. The number of hydrogen-bond donors (Lipinski definition) is 1. The summed E-state index contributed by atoms with van der Waals surface area (Å²) in [5, 5.41) is 0. The van der Waals surface area contributed by atoms with Crippen LogP contribution >= 0.6 is 0 Å². The van der Waals surface area contributed by atoms with E-state index in [1.807, 2.05) is 18.2 Å². The second kappa shape index (κ2) is 6.18. The van der Waals surface area contributed by atoms with Gasteiger partial charge in [0.05, 0.1) is 17.9 Å². The third kappa shape index (κ3) is 3.70. The quantitative estimate of drug-likeness (QED) is 0.726. The minimum absolute atomic E-state index is 0.481. The first kappa shape index (κ1) is 11.7. The van der Waals surface area contributed by atoms with Gasteiger partial charge in [0, 0.05) is 13.1 Å². The Hall–Kier alpha value is -1.37. The zero-order valence-corrected chi connectivity index (χ0v) is 9.11. The van der Waals surface area contributed by atoms with Gasteiger partial charge in [0.25, 0.3) is 0 Å². The van der Waals surface area contributed by atoms with Gasteiger partial charge in [-0.15, -0.1) is 6.42 Å². The Labute approximate surface area is 91.3 Å². The van der Waals surface area contributed by atoms with Gasteiger partial charge >= 0.3 is 0 Å². The highest BCUT2D eigenvalue weighted by molar-refractivity contribution is 5.11. The molecular weight excluding hydrogens is 186 g/mol. The van der Waals surface area contributed by atoms with E-state index in [0.29, 0.717) is 13.1 Å². The summed E-state index contributed by atoms with van der Waals surface area (Å²) in [6, 6.07) is 5.91. The van der Waals surface area contributed by atoms with Gasteiger partial charge in [-0.3, -0.25) is 9.88 Å². The van der Waals surface area contributed by atoms with Crippen molar-refractivity contribution in [2.24, 2.45) is 5.73 Å². The van der Waals surface area contributed by atoms with Gasteiger partial charge in [-0.1, -0.05) is 18.9 Å². The van der Waals surface area contributed by atoms with Crippen molar-refractivity contribution < 1.29 is 0 Å². The molecule has 1 aromatic heterocycles. The maximum Gasteiger partial charge on any atom is 0.0602 e.